The largest absolute Gasteiger partial charge is 0.396 e. The van der Waals surface area contributed by atoms with E-state index in [2.05, 4.69) is 19.9 Å². The first-order valence-corrected chi connectivity index (χ1v) is 4.70. The van der Waals surface area contributed by atoms with Crippen LogP contribution in [-0.4, -0.2) is 31.6 Å². The van der Waals surface area contributed by atoms with E-state index in [0.29, 0.717) is 12.2 Å². The zero-order chi connectivity index (χ0) is 11.7. The predicted molar refractivity (Wildman–Crippen MR) is 56.0 cm³/mol. The normalized spacial score (nSPS) is 13.1. The van der Waals surface area contributed by atoms with E-state index in [-0.39, 0.29) is 17.8 Å². The number of hydrogen-bond donors (Lipinski definition) is 5. The van der Waals surface area contributed by atoms with E-state index in [1.165, 1.54) is 0 Å². The van der Waals surface area contributed by atoms with Crippen molar-refractivity contribution in [3.8, 4) is 0 Å². The number of aliphatic hydroxyl groups is 1. The van der Waals surface area contributed by atoms with Gasteiger partial charge in [0.15, 0.2) is 5.65 Å². The highest BCUT2D eigenvalue weighted by Crippen LogP contribution is 2.11. The molecule has 0 amide bonds. The highest BCUT2D eigenvalue weighted by atomic mass is 16.3. The quantitative estimate of drug-likeness (QED) is 0.424. The van der Waals surface area contributed by atoms with Gasteiger partial charge in [-0.3, -0.25) is 14.8 Å². The summed E-state index contributed by atoms with van der Waals surface area (Å²) in [6.07, 6.45) is 0.321. The number of nitrogens with one attached hydrogen (secondary N) is 3. The van der Waals surface area contributed by atoms with Crippen LogP contribution < -0.4 is 17.0 Å². The summed E-state index contributed by atoms with van der Waals surface area (Å²) in [5, 5.41) is 8.72. The van der Waals surface area contributed by atoms with E-state index in [0.717, 1.165) is 0 Å². The van der Waals surface area contributed by atoms with E-state index in [4.69, 9.17) is 10.8 Å². The van der Waals surface area contributed by atoms with Gasteiger partial charge >= 0.3 is 5.69 Å². The highest BCUT2D eigenvalue weighted by Gasteiger charge is 2.13. The van der Waals surface area contributed by atoms with Gasteiger partial charge < -0.3 is 15.8 Å². The Hall–Kier alpha value is -1.93. The molecule has 0 aliphatic rings. The zero-order valence-electron chi connectivity index (χ0n) is 8.28. The summed E-state index contributed by atoms with van der Waals surface area (Å²) in [5.74, 6) is 0.358. The van der Waals surface area contributed by atoms with Crippen LogP contribution >= 0.6 is 0 Å². The van der Waals surface area contributed by atoms with Gasteiger partial charge in [-0.2, -0.15) is 0 Å². The van der Waals surface area contributed by atoms with E-state index in [1.807, 2.05) is 0 Å². The number of nitrogens with two attached hydrogens (primary N) is 1. The van der Waals surface area contributed by atoms with Crippen molar-refractivity contribution in [2.24, 2.45) is 5.73 Å². The Balaban J connectivity index is 2.56. The lowest BCUT2D eigenvalue weighted by Crippen LogP contribution is -2.21. The van der Waals surface area contributed by atoms with E-state index >= 15 is 0 Å². The smallest absolute Gasteiger partial charge is 0.327 e. The van der Waals surface area contributed by atoms with Crippen molar-refractivity contribution in [2.75, 3.05) is 6.61 Å². The summed E-state index contributed by atoms with van der Waals surface area (Å²) >= 11 is 0. The number of rotatable bonds is 3. The third-order valence-corrected chi connectivity index (χ3v) is 2.20. The number of aromatic amines is 3. The lowest BCUT2D eigenvalue weighted by molar-refractivity contribution is 0.275. The van der Waals surface area contributed by atoms with Crippen LogP contribution in [-0.2, 0) is 0 Å². The Bertz CT molecular complexity index is 610. The fourth-order valence-corrected chi connectivity index (χ4v) is 1.40. The number of hydrogen-bond acceptors (Lipinski definition) is 5. The average molecular weight is 225 g/mol. The monoisotopic (exact) mass is 225 g/mol. The standard InChI is InChI=1S/C8H11N5O3/c9-3(1-2-14)5-10-4-6(11-5)12-8(16)13-7(4)15/h3,14H,1-2,9H2,(H3,10,11,12,13,15,16). The molecule has 0 saturated carbocycles. The maximum Gasteiger partial charge on any atom is 0.327 e. The molecular weight excluding hydrogens is 214 g/mol. The number of H-pyrrole nitrogens is 3. The maximum absolute atomic E-state index is 11.4. The fraction of sp³-hybridized carbons (Fsp3) is 0.375. The minimum Gasteiger partial charge on any atom is -0.396 e. The summed E-state index contributed by atoms with van der Waals surface area (Å²) in [5.41, 5.74) is 4.87. The Kier molecular flexibility index (Phi) is 2.59. The molecule has 16 heavy (non-hydrogen) atoms. The van der Waals surface area contributed by atoms with Crippen molar-refractivity contribution in [1.82, 2.24) is 19.9 Å². The van der Waals surface area contributed by atoms with Crippen molar-refractivity contribution in [3.63, 3.8) is 0 Å². The molecule has 1 atom stereocenters. The number of aliphatic hydroxyl groups excluding tert-OH is 1. The lowest BCUT2D eigenvalue weighted by Gasteiger charge is -2.04. The number of fused-ring (bicyclic) bond motifs is 1. The molecule has 1 unspecified atom stereocenters. The third kappa shape index (κ3) is 1.75. The molecule has 0 aliphatic carbocycles. The van der Waals surface area contributed by atoms with Crippen LogP contribution in [0.4, 0.5) is 0 Å². The molecule has 0 radical (unpaired) electrons. The average Bonchev–Trinajstić information content (AvgIpc) is 2.62. The second-order valence-electron chi connectivity index (χ2n) is 3.37. The molecule has 0 aliphatic heterocycles. The van der Waals surface area contributed by atoms with Gasteiger partial charge in [-0.1, -0.05) is 0 Å². The first-order valence-electron chi connectivity index (χ1n) is 4.70. The lowest BCUT2D eigenvalue weighted by atomic mass is 10.2. The summed E-state index contributed by atoms with van der Waals surface area (Å²) in [6.45, 7) is -0.0783. The Labute approximate surface area is 88.5 Å². The molecule has 0 fully saturated rings. The molecule has 2 aromatic heterocycles. The van der Waals surface area contributed by atoms with Gasteiger partial charge in [0, 0.05) is 6.61 Å². The van der Waals surface area contributed by atoms with Crippen molar-refractivity contribution in [2.45, 2.75) is 12.5 Å². The molecule has 8 nitrogen and oxygen atoms in total. The summed E-state index contributed by atoms with van der Waals surface area (Å²) < 4.78 is 0. The molecule has 0 bridgehead atoms. The van der Waals surface area contributed by atoms with Crippen LogP contribution in [0, 0.1) is 0 Å². The Morgan fingerprint density at radius 2 is 2.06 bits per heavy atom. The molecule has 0 spiro atoms. The number of aromatic nitrogens is 4. The van der Waals surface area contributed by atoms with Gasteiger partial charge in [-0.15, -0.1) is 0 Å². The summed E-state index contributed by atoms with van der Waals surface area (Å²) in [6, 6.07) is -0.500. The van der Waals surface area contributed by atoms with Crippen molar-refractivity contribution < 1.29 is 5.11 Å². The minimum atomic E-state index is -0.619. The van der Waals surface area contributed by atoms with E-state index in [9.17, 15) is 9.59 Å². The molecule has 2 aromatic rings. The van der Waals surface area contributed by atoms with Gasteiger partial charge in [-0.25, -0.2) is 9.78 Å². The highest BCUT2D eigenvalue weighted by molar-refractivity contribution is 5.68. The van der Waals surface area contributed by atoms with Crippen molar-refractivity contribution in [3.05, 3.63) is 26.7 Å². The molecular formula is C8H11N5O3. The topological polar surface area (TPSA) is 141 Å². The molecule has 2 rings (SSSR count). The molecule has 0 aromatic carbocycles. The molecule has 8 heteroatoms. The third-order valence-electron chi connectivity index (χ3n) is 2.20. The second-order valence-corrected chi connectivity index (χ2v) is 3.37. The SMILES string of the molecule is NC(CCO)c1nc2[nH]c(=O)[nH]c(=O)c2[nH]1. The number of imidazole rings is 1. The zero-order valence-corrected chi connectivity index (χ0v) is 8.28. The molecule has 86 valence electrons. The van der Waals surface area contributed by atoms with Gasteiger partial charge in [0.25, 0.3) is 5.56 Å². The van der Waals surface area contributed by atoms with Crippen LogP contribution in [0.3, 0.4) is 0 Å². The van der Waals surface area contributed by atoms with Gasteiger partial charge in [0.05, 0.1) is 6.04 Å². The summed E-state index contributed by atoms with van der Waals surface area (Å²) in [4.78, 5) is 33.5. The van der Waals surface area contributed by atoms with E-state index < -0.39 is 17.3 Å². The van der Waals surface area contributed by atoms with Crippen LogP contribution in [0.25, 0.3) is 11.2 Å². The first-order chi connectivity index (χ1) is 7.61. The van der Waals surface area contributed by atoms with Crippen LogP contribution in [0.15, 0.2) is 9.59 Å². The maximum atomic E-state index is 11.4. The van der Waals surface area contributed by atoms with Gasteiger partial charge in [-0.05, 0) is 6.42 Å². The molecule has 0 saturated heterocycles. The van der Waals surface area contributed by atoms with Crippen molar-refractivity contribution in [1.29, 1.82) is 0 Å². The second kappa shape index (κ2) is 3.91. The van der Waals surface area contributed by atoms with Crippen LogP contribution in [0.1, 0.15) is 18.3 Å². The fourth-order valence-electron chi connectivity index (χ4n) is 1.40. The Morgan fingerprint density at radius 3 is 2.75 bits per heavy atom. The predicted octanol–water partition coefficient (Wildman–Crippen LogP) is -1.68. The molecule has 2 heterocycles. The van der Waals surface area contributed by atoms with Crippen LogP contribution in [0.5, 0.6) is 0 Å². The van der Waals surface area contributed by atoms with Gasteiger partial charge in [0.1, 0.15) is 11.3 Å². The number of nitrogens with zero attached hydrogens (tertiary/aromatic N) is 1. The van der Waals surface area contributed by atoms with Crippen molar-refractivity contribution >= 4 is 11.2 Å². The Morgan fingerprint density at radius 1 is 1.31 bits per heavy atom. The van der Waals surface area contributed by atoms with Crippen LogP contribution in [0.2, 0.25) is 0 Å². The van der Waals surface area contributed by atoms with E-state index in [1.54, 1.807) is 0 Å². The first kappa shape index (κ1) is 10.6. The molecule has 6 N–H and O–H groups in total. The minimum absolute atomic E-state index is 0.0783. The summed E-state index contributed by atoms with van der Waals surface area (Å²) in [7, 11) is 0. The van der Waals surface area contributed by atoms with Gasteiger partial charge in [0.2, 0.25) is 0 Å².